The Kier molecular flexibility index (Phi) is 2.83. The highest BCUT2D eigenvalue weighted by atomic mass is 16.4. The van der Waals surface area contributed by atoms with E-state index in [9.17, 15) is 9.90 Å². The molecule has 6 nitrogen and oxygen atoms in total. The Morgan fingerprint density at radius 2 is 2.00 bits per heavy atom. The zero-order chi connectivity index (χ0) is 14.1. The van der Waals surface area contributed by atoms with Gasteiger partial charge in [-0.25, -0.2) is 14.8 Å². The molecule has 6 heteroatoms. The maximum absolute atomic E-state index is 11.3. The molecule has 20 heavy (non-hydrogen) atoms. The van der Waals surface area contributed by atoms with E-state index >= 15 is 0 Å². The number of fused-ring (bicyclic) bond motifs is 1. The molecule has 0 aliphatic heterocycles. The summed E-state index contributed by atoms with van der Waals surface area (Å²) in [4.78, 5) is 24.5. The van der Waals surface area contributed by atoms with Gasteiger partial charge in [-0.3, -0.25) is 0 Å². The van der Waals surface area contributed by atoms with Gasteiger partial charge in [0.15, 0.2) is 0 Å². The second-order valence-electron chi connectivity index (χ2n) is 4.31. The summed E-state index contributed by atoms with van der Waals surface area (Å²) in [5, 5.41) is 10.2. The number of nitrogens with zero attached hydrogens (tertiary/aromatic N) is 3. The molecule has 3 aromatic heterocycles. The van der Waals surface area contributed by atoms with Crippen LogP contribution in [0.3, 0.4) is 0 Å². The van der Waals surface area contributed by atoms with E-state index in [0.29, 0.717) is 5.82 Å². The van der Waals surface area contributed by atoms with Crippen LogP contribution in [0.15, 0.2) is 42.9 Å². The van der Waals surface area contributed by atoms with Crippen LogP contribution in [0.1, 0.15) is 10.4 Å². The average Bonchev–Trinajstić information content (AvgIpc) is 2.90. The number of H-pyrrole nitrogens is 1. The molecule has 0 saturated carbocycles. The minimum atomic E-state index is -1.00. The molecule has 0 atom stereocenters. The number of hydrogen-bond donors (Lipinski definition) is 2. The lowest BCUT2D eigenvalue weighted by molar-refractivity contribution is 0.0697. The first kappa shape index (κ1) is 12.2. The van der Waals surface area contributed by atoms with E-state index in [1.54, 1.807) is 36.6 Å². The van der Waals surface area contributed by atoms with Gasteiger partial charge in [-0.15, -0.1) is 0 Å². The van der Waals surface area contributed by atoms with Crippen LogP contribution in [0.25, 0.3) is 11.0 Å². The van der Waals surface area contributed by atoms with Crippen LogP contribution in [0.2, 0.25) is 0 Å². The van der Waals surface area contributed by atoms with Gasteiger partial charge in [0, 0.05) is 31.0 Å². The topological polar surface area (TPSA) is 82.1 Å². The summed E-state index contributed by atoms with van der Waals surface area (Å²) >= 11 is 0. The molecule has 100 valence electrons. The van der Waals surface area contributed by atoms with E-state index in [0.717, 1.165) is 16.7 Å². The van der Waals surface area contributed by atoms with E-state index in [1.165, 1.54) is 6.07 Å². The maximum atomic E-state index is 11.3. The number of anilines is 2. The van der Waals surface area contributed by atoms with Gasteiger partial charge < -0.3 is 15.0 Å². The number of aromatic carboxylic acids is 1. The van der Waals surface area contributed by atoms with Crippen molar-refractivity contribution in [3.63, 3.8) is 0 Å². The van der Waals surface area contributed by atoms with Gasteiger partial charge in [-0.05, 0) is 24.3 Å². The predicted molar refractivity (Wildman–Crippen MR) is 75.4 cm³/mol. The first-order valence-corrected chi connectivity index (χ1v) is 6.02. The van der Waals surface area contributed by atoms with Gasteiger partial charge in [0.05, 0.1) is 5.69 Å². The smallest absolute Gasteiger partial charge is 0.339 e. The van der Waals surface area contributed by atoms with Crippen molar-refractivity contribution in [2.45, 2.75) is 0 Å². The summed E-state index contributed by atoms with van der Waals surface area (Å²) in [5.74, 6) is -0.609. The average molecular weight is 268 g/mol. The van der Waals surface area contributed by atoms with Crippen molar-refractivity contribution in [1.29, 1.82) is 0 Å². The zero-order valence-electron chi connectivity index (χ0n) is 10.7. The number of rotatable bonds is 3. The standard InChI is InChI=1S/C14H12N4O2/c1-18(13-10(14(19)20)5-3-7-16-13)11-8-17-12-9(11)4-2-6-15-12/h2-8H,1H3,(H,15,17)(H,19,20). The van der Waals surface area contributed by atoms with Gasteiger partial charge in [0.2, 0.25) is 0 Å². The first-order valence-electron chi connectivity index (χ1n) is 6.02. The number of pyridine rings is 2. The SMILES string of the molecule is CN(c1ncccc1C(=O)O)c1c[nH]c2ncccc12. The number of hydrogen-bond acceptors (Lipinski definition) is 4. The summed E-state index contributed by atoms with van der Waals surface area (Å²) in [5.41, 5.74) is 1.74. The number of carbonyl (C=O) groups is 1. The summed E-state index contributed by atoms with van der Waals surface area (Å²) < 4.78 is 0. The van der Waals surface area contributed by atoms with Crippen LogP contribution in [0.4, 0.5) is 11.5 Å². The summed E-state index contributed by atoms with van der Waals surface area (Å²) in [7, 11) is 1.78. The van der Waals surface area contributed by atoms with Crippen molar-refractivity contribution in [3.8, 4) is 0 Å². The molecule has 0 aromatic carbocycles. The molecular formula is C14H12N4O2. The molecule has 0 unspecified atom stereocenters. The van der Waals surface area contributed by atoms with Gasteiger partial charge in [0.25, 0.3) is 0 Å². The van der Waals surface area contributed by atoms with E-state index in [2.05, 4.69) is 15.0 Å². The van der Waals surface area contributed by atoms with Crippen LogP contribution in [0.5, 0.6) is 0 Å². The van der Waals surface area contributed by atoms with E-state index in [1.807, 2.05) is 12.1 Å². The van der Waals surface area contributed by atoms with Crippen molar-refractivity contribution < 1.29 is 9.90 Å². The second-order valence-corrected chi connectivity index (χ2v) is 4.31. The third-order valence-corrected chi connectivity index (χ3v) is 3.13. The van der Waals surface area contributed by atoms with Crippen LogP contribution in [-0.4, -0.2) is 33.1 Å². The number of carboxylic acid groups (broad SMARTS) is 1. The summed E-state index contributed by atoms with van der Waals surface area (Å²) in [6.45, 7) is 0. The van der Waals surface area contributed by atoms with Crippen molar-refractivity contribution in [3.05, 3.63) is 48.4 Å². The Labute approximate surface area is 114 Å². The van der Waals surface area contributed by atoms with Crippen molar-refractivity contribution in [1.82, 2.24) is 15.0 Å². The Hall–Kier alpha value is -2.89. The van der Waals surface area contributed by atoms with Crippen molar-refractivity contribution in [2.24, 2.45) is 0 Å². The van der Waals surface area contributed by atoms with E-state index < -0.39 is 5.97 Å². The van der Waals surface area contributed by atoms with Crippen LogP contribution < -0.4 is 4.90 Å². The summed E-state index contributed by atoms with van der Waals surface area (Å²) in [6, 6.07) is 6.91. The molecule has 2 N–H and O–H groups in total. The molecule has 3 rings (SSSR count). The number of nitrogens with one attached hydrogen (secondary N) is 1. The molecule has 0 aliphatic carbocycles. The highest BCUT2D eigenvalue weighted by Crippen LogP contribution is 2.30. The Morgan fingerprint density at radius 3 is 2.80 bits per heavy atom. The quantitative estimate of drug-likeness (QED) is 0.762. The van der Waals surface area contributed by atoms with Gasteiger partial charge in [-0.1, -0.05) is 0 Å². The van der Waals surface area contributed by atoms with Gasteiger partial charge in [0.1, 0.15) is 17.0 Å². The first-order chi connectivity index (χ1) is 9.68. The molecule has 3 aromatic rings. The molecule has 0 aliphatic rings. The van der Waals surface area contributed by atoms with Crippen molar-refractivity contribution >= 4 is 28.5 Å². The molecule has 0 bridgehead atoms. The molecule has 0 fully saturated rings. The number of carboxylic acids is 1. The Bertz CT molecular complexity index is 781. The lowest BCUT2D eigenvalue weighted by atomic mass is 10.2. The molecule has 3 heterocycles. The minimum Gasteiger partial charge on any atom is -0.478 e. The maximum Gasteiger partial charge on any atom is 0.339 e. The van der Waals surface area contributed by atoms with E-state index in [4.69, 9.17) is 0 Å². The fourth-order valence-corrected chi connectivity index (χ4v) is 2.16. The molecule has 0 amide bonds. The summed E-state index contributed by atoms with van der Waals surface area (Å²) in [6.07, 6.45) is 5.06. The minimum absolute atomic E-state index is 0.160. The normalized spacial score (nSPS) is 10.7. The highest BCUT2D eigenvalue weighted by molar-refractivity contribution is 5.97. The molecule has 0 radical (unpaired) electrons. The fraction of sp³-hybridized carbons (Fsp3) is 0.0714. The third-order valence-electron chi connectivity index (χ3n) is 3.13. The molecular weight excluding hydrogens is 256 g/mol. The Morgan fingerprint density at radius 1 is 1.25 bits per heavy atom. The number of aromatic nitrogens is 3. The van der Waals surface area contributed by atoms with Crippen molar-refractivity contribution in [2.75, 3.05) is 11.9 Å². The third kappa shape index (κ3) is 1.87. The van der Waals surface area contributed by atoms with Crippen LogP contribution >= 0.6 is 0 Å². The molecule has 0 spiro atoms. The van der Waals surface area contributed by atoms with Gasteiger partial charge >= 0.3 is 5.97 Å². The number of aromatic amines is 1. The fourth-order valence-electron chi connectivity index (χ4n) is 2.16. The highest BCUT2D eigenvalue weighted by Gasteiger charge is 2.17. The monoisotopic (exact) mass is 268 g/mol. The van der Waals surface area contributed by atoms with Crippen LogP contribution in [-0.2, 0) is 0 Å². The van der Waals surface area contributed by atoms with Gasteiger partial charge in [-0.2, -0.15) is 0 Å². The lowest BCUT2D eigenvalue weighted by Crippen LogP contribution is -2.15. The second kappa shape index (κ2) is 4.65. The largest absolute Gasteiger partial charge is 0.478 e. The van der Waals surface area contributed by atoms with E-state index in [-0.39, 0.29) is 5.56 Å². The Balaban J connectivity index is 2.13. The van der Waals surface area contributed by atoms with Crippen LogP contribution in [0, 0.1) is 0 Å². The zero-order valence-corrected chi connectivity index (χ0v) is 10.7. The predicted octanol–water partition coefficient (Wildman–Crippen LogP) is 2.42. The lowest BCUT2D eigenvalue weighted by Gasteiger charge is -2.18. The molecule has 0 saturated heterocycles.